The fourth-order valence-electron chi connectivity index (χ4n) is 4.07. The van der Waals surface area contributed by atoms with E-state index in [1.165, 1.54) is 0 Å². The molecule has 1 N–H and O–H groups in total. The molecule has 0 bridgehead atoms. The highest BCUT2D eigenvalue weighted by Crippen LogP contribution is 2.25. The van der Waals surface area contributed by atoms with E-state index in [2.05, 4.69) is 14.9 Å². The van der Waals surface area contributed by atoms with Gasteiger partial charge in [-0.05, 0) is 31.6 Å². The fourth-order valence-corrected chi connectivity index (χ4v) is 4.07. The third-order valence-electron chi connectivity index (χ3n) is 5.77. The first-order chi connectivity index (χ1) is 13.5. The van der Waals surface area contributed by atoms with Crippen molar-refractivity contribution in [1.82, 2.24) is 19.8 Å². The lowest BCUT2D eigenvalue weighted by atomic mass is 9.94. The molecule has 2 aliphatic rings. The molecule has 0 saturated carbocycles. The third-order valence-corrected chi connectivity index (χ3v) is 5.77. The molecule has 3 rings (SSSR count). The molecule has 1 aromatic rings. The molecule has 0 spiro atoms. The Bertz CT molecular complexity index is 685. The number of anilines is 1. The summed E-state index contributed by atoms with van der Waals surface area (Å²) in [4.78, 5) is 37.5. The van der Waals surface area contributed by atoms with Crippen molar-refractivity contribution in [3.05, 3.63) is 12.3 Å². The number of amides is 2. The molecule has 2 amide bonds. The van der Waals surface area contributed by atoms with Crippen LogP contribution in [0.1, 0.15) is 32.6 Å². The number of carboxylic acid groups (broad SMARTS) is 1. The second-order valence-corrected chi connectivity index (χ2v) is 7.50. The van der Waals surface area contributed by atoms with Crippen LogP contribution in [0.15, 0.2) is 12.3 Å². The Hall–Kier alpha value is -2.58. The number of aromatic nitrogens is 2. The second-order valence-electron chi connectivity index (χ2n) is 7.50. The summed E-state index contributed by atoms with van der Waals surface area (Å²) in [6.45, 7) is 5.00. The SMILES string of the molecule is COc1ccnc(N2CCC(N(CC3CCN(C(C)=O)CC3)C(=O)O)CC2)n1. The van der Waals surface area contributed by atoms with Crippen LogP contribution in [0.25, 0.3) is 0 Å². The largest absolute Gasteiger partial charge is 0.481 e. The predicted octanol–water partition coefficient (Wildman–Crippen LogP) is 1.69. The standard InChI is InChI=1S/C19H29N5O4/c1-14(25)22-9-4-15(5-10-22)13-24(19(26)27)16-6-11-23(12-7-16)18-20-8-3-17(21-18)28-2/h3,8,15-16H,4-7,9-13H2,1-2H3,(H,26,27). The molecule has 0 unspecified atom stereocenters. The lowest BCUT2D eigenvalue weighted by Gasteiger charge is -2.40. The van der Waals surface area contributed by atoms with Gasteiger partial charge in [0.05, 0.1) is 7.11 Å². The van der Waals surface area contributed by atoms with Crippen LogP contribution in [0, 0.1) is 5.92 Å². The van der Waals surface area contributed by atoms with Gasteiger partial charge in [-0.15, -0.1) is 0 Å². The van der Waals surface area contributed by atoms with Crippen LogP contribution in [0.2, 0.25) is 0 Å². The number of carbonyl (C=O) groups excluding carboxylic acids is 1. The number of rotatable bonds is 5. The van der Waals surface area contributed by atoms with E-state index >= 15 is 0 Å². The molecule has 0 atom stereocenters. The summed E-state index contributed by atoms with van der Waals surface area (Å²) in [7, 11) is 1.57. The summed E-state index contributed by atoms with van der Waals surface area (Å²) in [5.41, 5.74) is 0. The first-order valence-electron chi connectivity index (χ1n) is 9.85. The minimum atomic E-state index is -0.856. The average Bonchev–Trinajstić information content (AvgIpc) is 2.72. The number of carbonyl (C=O) groups is 2. The van der Waals surface area contributed by atoms with Crippen molar-refractivity contribution >= 4 is 17.9 Å². The van der Waals surface area contributed by atoms with Crippen LogP contribution < -0.4 is 9.64 Å². The van der Waals surface area contributed by atoms with Crippen molar-refractivity contribution in [1.29, 1.82) is 0 Å². The lowest BCUT2D eigenvalue weighted by Crippen LogP contribution is -2.50. The van der Waals surface area contributed by atoms with Gasteiger partial charge in [0.1, 0.15) is 0 Å². The maximum atomic E-state index is 11.9. The van der Waals surface area contributed by atoms with Crippen LogP contribution >= 0.6 is 0 Å². The minimum absolute atomic E-state index is 0.00481. The summed E-state index contributed by atoms with van der Waals surface area (Å²) < 4.78 is 5.16. The van der Waals surface area contributed by atoms with E-state index in [1.807, 2.05) is 4.90 Å². The van der Waals surface area contributed by atoms with Gasteiger partial charge in [0.2, 0.25) is 17.7 Å². The Kier molecular flexibility index (Phi) is 6.53. The Morgan fingerprint density at radius 3 is 2.46 bits per heavy atom. The summed E-state index contributed by atoms with van der Waals surface area (Å²) in [5.74, 6) is 1.56. The number of nitrogens with zero attached hydrogens (tertiary/aromatic N) is 5. The van der Waals surface area contributed by atoms with E-state index < -0.39 is 6.09 Å². The zero-order valence-electron chi connectivity index (χ0n) is 16.6. The van der Waals surface area contributed by atoms with Crippen molar-refractivity contribution in [2.24, 2.45) is 5.92 Å². The second kappa shape index (κ2) is 9.07. The van der Waals surface area contributed by atoms with Gasteiger partial charge in [0, 0.05) is 58.0 Å². The van der Waals surface area contributed by atoms with Crippen molar-refractivity contribution in [3.8, 4) is 5.88 Å². The molecule has 0 radical (unpaired) electrons. The molecule has 154 valence electrons. The quantitative estimate of drug-likeness (QED) is 0.815. The van der Waals surface area contributed by atoms with Gasteiger partial charge < -0.3 is 24.5 Å². The highest BCUT2D eigenvalue weighted by Gasteiger charge is 2.31. The van der Waals surface area contributed by atoms with Gasteiger partial charge in [-0.1, -0.05) is 0 Å². The Labute approximate surface area is 165 Å². The number of piperidine rings is 2. The van der Waals surface area contributed by atoms with Crippen molar-refractivity contribution < 1.29 is 19.4 Å². The zero-order valence-corrected chi connectivity index (χ0v) is 16.6. The number of likely N-dealkylation sites (tertiary alicyclic amines) is 1. The zero-order chi connectivity index (χ0) is 20.1. The molecule has 28 heavy (non-hydrogen) atoms. The first kappa shape index (κ1) is 20.2. The highest BCUT2D eigenvalue weighted by molar-refractivity contribution is 5.73. The molecular formula is C19H29N5O4. The van der Waals surface area contributed by atoms with Gasteiger partial charge >= 0.3 is 6.09 Å². The maximum absolute atomic E-state index is 11.9. The Morgan fingerprint density at radius 1 is 1.21 bits per heavy atom. The predicted molar refractivity (Wildman–Crippen MR) is 104 cm³/mol. The van der Waals surface area contributed by atoms with E-state index in [0.717, 1.165) is 38.8 Å². The van der Waals surface area contributed by atoms with Crippen LogP contribution in [0.4, 0.5) is 10.7 Å². The lowest BCUT2D eigenvalue weighted by molar-refractivity contribution is -0.130. The molecule has 2 saturated heterocycles. The molecule has 3 heterocycles. The molecule has 9 nitrogen and oxygen atoms in total. The van der Waals surface area contributed by atoms with E-state index in [9.17, 15) is 14.7 Å². The topological polar surface area (TPSA) is 99.1 Å². The molecule has 9 heteroatoms. The van der Waals surface area contributed by atoms with Crippen molar-refractivity contribution in [2.45, 2.75) is 38.6 Å². The monoisotopic (exact) mass is 391 g/mol. The van der Waals surface area contributed by atoms with Gasteiger partial charge in [0.15, 0.2) is 0 Å². The molecule has 2 fully saturated rings. The molecule has 0 aromatic carbocycles. The molecule has 2 aliphatic heterocycles. The summed E-state index contributed by atoms with van der Waals surface area (Å²) in [6.07, 6.45) is 4.03. The summed E-state index contributed by atoms with van der Waals surface area (Å²) >= 11 is 0. The summed E-state index contributed by atoms with van der Waals surface area (Å²) in [6, 6.07) is 1.71. The number of hydrogen-bond acceptors (Lipinski definition) is 6. The Balaban J connectivity index is 1.54. The van der Waals surface area contributed by atoms with E-state index in [4.69, 9.17) is 4.74 Å². The van der Waals surface area contributed by atoms with Crippen LogP contribution in [0.3, 0.4) is 0 Å². The van der Waals surface area contributed by atoms with Crippen molar-refractivity contribution in [2.75, 3.05) is 44.7 Å². The van der Waals surface area contributed by atoms with Gasteiger partial charge in [-0.25, -0.2) is 9.78 Å². The molecule has 0 aliphatic carbocycles. The highest BCUT2D eigenvalue weighted by atomic mass is 16.5. The van der Waals surface area contributed by atoms with Gasteiger partial charge in [0.25, 0.3) is 0 Å². The number of ether oxygens (including phenoxy) is 1. The van der Waals surface area contributed by atoms with Crippen LogP contribution in [-0.4, -0.2) is 82.8 Å². The Morgan fingerprint density at radius 2 is 1.89 bits per heavy atom. The normalized spacial score (nSPS) is 18.8. The minimum Gasteiger partial charge on any atom is -0.481 e. The third kappa shape index (κ3) is 4.82. The maximum Gasteiger partial charge on any atom is 0.407 e. The van der Waals surface area contributed by atoms with E-state index in [-0.39, 0.29) is 11.9 Å². The van der Waals surface area contributed by atoms with Crippen molar-refractivity contribution in [3.63, 3.8) is 0 Å². The summed E-state index contributed by atoms with van der Waals surface area (Å²) in [5, 5.41) is 9.75. The van der Waals surface area contributed by atoms with Crippen LogP contribution in [-0.2, 0) is 4.79 Å². The van der Waals surface area contributed by atoms with E-state index in [1.54, 1.807) is 31.2 Å². The van der Waals surface area contributed by atoms with Gasteiger partial charge in [-0.2, -0.15) is 4.98 Å². The smallest absolute Gasteiger partial charge is 0.407 e. The molecule has 1 aromatic heterocycles. The van der Waals surface area contributed by atoms with Crippen LogP contribution in [0.5, 0.6) is 5.88 Å². The first-order valence-corrected chi connectivity index (χ1v) is 9.85. The molecular weight excluding hydrogens is 362 g/mol. The fraction of sp³-hybridized carbons (Fsp3) is 0.684. The number of hydrogen-bond donors (Lipinski definition) is 1. The average molecular weight is 391 g/mol. The van der Waals surface area contributed by atoms with E-state index in [0.29, 0.717) is 37.4 Å². The number of methoxy groups -OCH3 is 1. The van der Waals surface area contributed by atoms with Gasteiger partial charge in [-0.3, -0.25) is 4.79 Å².